The quantitative estimate of drug-likeness (QED) is 0.496. The van der Waals surface area contributed by atoms with Gasteiger partial charge < -0.3 is 4.42 Å². The monoisotopic (exact) mass is 265 g/mol. The van der Waals surface area contributed by atoms with Crippen molar-refractivity contribution in [2.45, 2.75) is 52.1 Å². The molecule has 19 heavy (non-hydrogen) atoms. The molecule has 0 bridgehead atoms. The van der Waals surface area contributed by atoms with E-state index < -0.39 is 0 Å². The summed E-state index contributed by atoms with van der Waals surface area (Å²) in [5.41, 5.74) is 2.68. The molecule has 3 N–H and O–H groups in total. The number of aryl methyl sites for hydroxylation is 1. The summed E-state index contributed by atoms with van der Waals surface area (Å²) < 4.78 is 5.68. The number of likely N-dealkylation sites (tertiary alicyclic amines) is 1. The molecule has 1 aromatic rings. The van der Waals surface area contributed by atoms with Crippen molar-refractivity contribution < 1.29 is 9.21 Å². The van der Waals surface area contributed by atoms with Gasteiger partial charge in [-0.1, -0.05) is 13.3 Å². The maximum atomic E-state index is 11.6. The molecule has 5 nitrogen and oxygen atoms in total. The van der Waals surface area contributed by atoms with Gasteiger partial charge >= 0.3 is 0 Å². The van der Waals surface area contributed by atoms with E-state index in [2.05, 4.69) is 17.2 Å². The first-order valence-corrected chi connectivity index (χ1v) is 7.00. The molecule has 0 aromatic carbocycles. The van der Waals surface area contributed by atoms with Gasteiger partial charge in [0.15, 0.2) is 0 Å². The maximum absolute atomic E-state index is 11.6. The number of nitrogens with one attached hydrogen (secondary N) is 1. The fourth-order valence-corrected chi connectivity index (χ4v) is 2.86. The highest BCUT2D eigenvalue weighted by molar-refractivity contribution is 5.94. The molecule has 106 valence electrons. The van der Waals surface area contributed by atoms with Crippen molar-refractivity contribution in [1.29, 1.82) is 0 Å². The first kappa shape index (κ1) is 14.1. The van der Waals surface area contributed by atoms with Crippen LogP contribution in [-0.4, -0.2) is 23.4 Å². The third-order valence-corrected chi connectivity index (χ3v) is 3.92. The summed E-state index contributed by atoms with van der Waals surface area (Å²) in [6.07, 6.45) is 4.97. The third-order valence-electron chi connectivity index (χ3n) is 3.92. The van der Waals surface area contributed by atoms with E-state index in [0.29, 0.717) is 17.4 Å². The number of nitrogens with two attached hydrogens (primary N) is 1. The number of piperidine rings is 1. The van der Waals surface area contributed by atoms with E-state index in [1.54, 1.807) is 13.0 Å². The van der Waals surface area contributed by atoms with E-state index in [0.717, 1.165) is 25.3 Å². The fourth-order valence-electron chi connectivity index (χ4n) is 2.86. The number of hydrazine groups is 1. The zero-order valence-corrected chi connectivity index (χ0v) is 11.7. The van der Waals surface area contributed by atoms with Crippen LogP contribution < -0.4 is 11.3 Å². The topological polar surface area (TPSA) is 71.5 Å². The van der Waals surface area contributed by atoms with Crippen LogP contribution in [0.2, 0.25) is 0 Å². The molecular weight excluding hydrogens is 242 g/mol. The summed E-state index contributed by atoms with van der Waals surface area (Å²) in [6.45, 7) is 5.90. The van der Waals surface area contributed by atoms with Crippen LogP contribution in [0.15, 0.2) is 10.5 Å². The minimum atomic E-state index is -0.293. The molecule has 1 aromatic heterocycles. The Hall–Kier alpha value is -1.33. The number of nitrogen functional groups attached to an aromatic ring is 1. The zero-order chi connectivity index (χ0) is 13.8. The lowest BCUT2D eigenvalue weighted by molar-refractivity contribution is 0.0952. The number of hydrogen-bond acceptors (Lipinski definition) is 4. The van der Waals surface area contributed by atoms with Crippen molar-refractivity contribution in [3.63, 3.8) is 0 Å². The maximum Gasteiger partial charge on any atom is 0.268 e. The molecule has 1 aliphatic rings. The van der Waals surface area contributed by atoms with Crippen LogP contribution in [0.3, 0.4) is 0 Å². The van der Waals surface area contributed by atoms with Crippen LogP contribution in [0.5, 0.6) is 0 Å². The summed E-state index contributed by atoms with van der Waals surface area (Å²) >= 11 is 0. The Kier molecular flexibility index (Phi) is 4.61. The Labute approximate surface area is 114 Å². The lowest BCUT2D eigenvalue weighted by Crippen LogP contribution is -2.38. The van der Waals surface area contributed by atoms with Crippen molar-refractivity contribution in [2.24, 2.45) is 5.84 Å². The van der Waals surface area contributed by atoms with Crippen LogP contribution in [0, 0.1) is 6.92 Å². The second-order valence-corrected chi connectivity index (χ2v) is 5.18. The molecular formula is C14H23N3O2. The second kappa shape index (κ2) is 6.21. The Morgan fingerprint density at radius 1 is 1.58 bits per heavy atom. The molecule has 1 fully saturated rings. The van der Waals surface area contributed by atoms with Crippen LogP contribution in [0.25, 0.3) is 0 Å². The zero-order valence-electron chi connectivity index (χ0n) is 11.7. The molecule has 1 aliphatic heterocycles. The standard InChI is InChI=1S/C14H23N3O2/c1-3-11-6-4-5-7-17(11)9-12-8-13(10(2)19-12)14(18)16-15/h8,11H,3-7,9,15H2,1-2H3,(H,16,18). The highest BCUT2D eigenvalue weighted by Gasteiger charge is 2.23. The summed E-state index contributed by atoms with van der Waals surface area (Å²) in [6, 6.07) is 2.43. The van der Waals surface area contributed by atoms with Crippen LogP contribution >= 0.6 is 0 Å². The lowest BCUT2D eigenvalue weighted by Gasteiger charge is -2.34. The fraction of sp³-hybridized carbons (Fsp3) is 0.643. The molecule has 0 saturated carbocycles. The largest absolute Gasteiger partial charge is 0.464 e. The molecule has 1 unspecified atom stereocenters. The van der Waals surface area contributed by atoms with Gasteiger partial charge in [-0.15, -0.1) is 0 Å². The molecule has 5 heteroatoms. The number of furan rings is 1. The first-order chi connectivity index (χ1) is 9.15. The Morgan fingerprint density at radius 2 is 2.37 bits per heavy atom. The Morgan fingerprint density at radius 3 is 3.05 bits per heavy atom. The number of rotatable bonds is 4. The van der Waals surface area contributed by atoms with Gasteiger partial charge in [-0.2, -0.15) is 0 Å². The van der Waals surface area contributed by atoms with Gasteiger partial charge in [0.2, 0.25) is 0 Å². The number of nitrogens with zero attached hydrogens (tertiary/aromatic N) is 1. The summed E-state index contributed by atoms with van der Waals surface area (Å²) in [5.74, 6) is 6.34. The summed E-state index contributed by atoms with van der Waals surface area (Å²) in [7, 11) is 0. The molecule has 2 rings (SSSR count). The van der Waals surface area contributed by atoms with Gasteiger partial charge in [-0.05, 0) is 38.8 Å². The molecule has 1 saturated heterocycles. The van der Waals surface area contributed by atoms with Gasteiger partial charge in [-0.25, -0.2) is 5.84 Å². The van der Waals surface area contributed by atoms with Crippen LogP contribution in [-0.2, 0) is 6.54 Å². The number of carbonyl (C=O) groups is 1. The van der Waals surface area contributed by atoms with E-state index in [1.807, 2.05) is 0 Å². The van der Waals surface area contributed by atoms with E-state index in [4.69, 9.17) is 10.3 Å². The predicted octanol–water partition coefficient (Wildman–Crippen LogP) is 1.96. The molecule has 0 spiro atoms. The normalized spacial score (nSPS) is 20.5. The average Bonchev–Trinajstić information content (AvgIpc) is 2.79. The van der Waals surface area contributed by atoms with Gasteiger partial charge in [0.05, 0.1) is 12.1 Å². The lowest BCUT2D eigenvalue weighted by atomic mass is 10.00. The first-order valence-electron chi connectivity index (χ1n) is 7.00. The second-order valence-electron chi connectivity index (χ2n) is 5.18. The molecule has 0 aliphatic carbocycles. The number of amides is 1. The van der Waals surface area contributed by atoms with Gasteiger partial charge in [0.1, 0.15) is 11.5 Å². The highest BCUT2D eigenvalue weighted by Crippen LogP contribution is 2.23. The third kappa shape index (κ3) is 3.16. The minimum absolute atomic E-state index is 0.293. The number of carbonyl (C=O) groups excluding carboxylic acids is 1. The summed E-state index contributed by atoms with van der Waals surface area (Å²) in [5, 5.41) is 0. The van der Waals surface area contributed by atoms with Crippen molar-refractivity contribution in [1.82, 2.24) is 10.3 Å². The van der Waals surface area contributed by atoms with Gasteiger partial charge in [0, 0.05) is 6.04 Å². The SMILES string of the molecule is CCC1CCCCN1Cc1cc(C(=O)NN)c(C)o1. The van der Waals surface area contributed by atoms with Crippen LogP contribution in [0.4, 0.5) is 0 Å². The Balaban J connectivity index is 2.08. The highest BCUT2D eigenvalue weighted by atomic mass is 16.3. The molecule has 1 atom stereocenters. The number of hydrogen-bond donors (Lipinski definition) is 2. The smallest absolute Gasteiger partial charge is 0.268 e. The Bertz CT molecular complexity index is 442. The van der Waals surface area contributed by atoms with Crippen molar-refractivity contribution in [2.75, 3.05) is 6.54 Å². The summed E-state index contributed by atoms with van der Waals surface area (Å²) in [4.78, 5) is 14.0. The molecule has 0 radical (unpaired) electrons. The molecule has 1 amide bonds. The minimum Gasteiger partial charge on any atom is -0.464 e. The van der Waals surface area contributed by atoms with Crippen molar-refractivity contribution in [3.8, 4) is 0 Å². The van der Waals surface area contributed by atoms with E-state index >= 15 is 0 Å². The van der Waals surface area contributed by atoms with E-state index in [1.165, 1.54) is 19.3 Å². The van der Waals surface area contributed by atoms with E-state index in [9.17, 15) is 4.79 Å². The molecule has 2 heterocycles. The predicted molar refractivity (Wildman–Crippen MR) is 73.4 cm³/mol. The van der Waals surface area contributed by atoms with Crippen molar-refractivity contribution >= 4 is 5.91 Å². The average molecular weight is 265 g/mol. The van der Waals surface area contributed by atoms with Gasteiger partial charge in [-0.3, -0.25) is 15.1 Å². The van der Waals surface area contributed by atoms with Gasteiger partial charge in [0.25, 0.3) is 5.91 Å². The van der Waals surface area contributed by atoms with Crippen LogP contribution in [0.1, 0.15) is 54.5 Å². The van der Waals surface area contributed by atoms with Crippen molar-refractivity contribution in [3.05, 3.63) is 23.2 Å². The van der Waals surface area contributed by atoms with E-state index in [-0.39, 0.29) is 5.91 Å².